The maximum Gasteiger partial charge on any atom is 0.449 e. The minimum Gasteiger partial charge on any atom is -0.354 e. The summed E-state index contributed by atoms with van der Waals surface area (Å²) in [6.07, 6.45) is -1.32. The molecule has 0 saturated heterocycles. The Hall–Kier alpha value is -1.79. The Kier molecular flexibility index (Phi) is 3.14. The van der Waals surface area contributed by atoms with Gasteiger partial charge in [0.2, 0.25) is 0 Å². The molecule has 18 heavy (non-hydrogen) atoms. The van der Waals surface area contributed by atoms with Crippen LogP contribution in [0.4, 0.5) is 13.2 Å². The highest BCUT2D eigenvalue weighted by Gasteiger charge is 2.57. The molecular formula is C12H10F3NO2. The zero-order chi connectivity index (χ0) is 13.2. The van der Waals surface area contributed by atoms with Gasteiger partial charge in [-0.15, -0.1) is 0 Å². The topological polar surface area (TPSA) is 41.5 Å². The van der Waals surface area contributed by atoms with Gasteiger partial charge in [-0.2, -0.15) is 13.2 Å². The molecule has 6 heteroatoms. The van der Waals surface area contributed by atoms with Gasteiger partial charge in [0.15, 0.2) is 0 Å². The summed E-state index contributed by atoms with van der Waals surface area (Å²) in [7, 11) is 0. The summed E-state index contributed by atoms with van der Waals surface area (Å²) in [5, 5.41) is 9.18. The highest BCUT2D eigenvalue weighted by atomic mass is 19.4. The van der Waals surface area contributed by atoms with Gasteiger partial charge in [-0.1, -0.05) is 36.4 Å². The lowest BCUT2D eigenvalue weighted by Gasteiger charge is -2.21. The van der Waals surface area contributed by atoms with Gasteiger partial charge in [0.1, 0.15) is 0 Å². The van der Waals surface area contributed by atoms with Crippen LogP contribution in [-0.4, -0.2) is 17.1 Å². The minimum atomic E-state index is -4.89. The molecule has 1 atom stereocenters. The second-order valence-electron chi connectivity index (χ2n) is 3.74. The monoisotopic (exact) mass is 257 g/mol. The van der Waals surface area contributed by atoms with E-state index >= 15 is 0 Å². The van der Waals surface area contributed by atoms with Crippen LogP contribution in [0.15, 0.2) is 48.2 Å². The van der Waals surface area contributed by atoms with Crippen molar-refractivity contribution < 1.29 is 23.1 Å². The van der Waals surface area contributed by atoms with Crippen molar-refractivity contribution in [2.45, 2.75) is 12.0 Å². The van der Waals surface area contributed by atoms with Crippen LogP contribution in [0.2, 0.25) is 0 Å². The van der Waals surface area contributed by atoms with Crippen molar-refractivity contribution in [1.29, 1.82) is 0 Å². The smallest absolute Gasteiger partial charge is 0.354 e. The molecule has 0 bridgehead atoms. The molecule has 0 spiro atoms. The lowest BCUT2D eigenvalue weighted by atomic mass is 10.2. The quantitative estimate of drug-likeness (QED) is 0.854. The van der Waals surface area contributed by atoms with E-state index in [0.29, 0.717) is 6.08 Å². The van der Waals surface area contributed by atoms with Crippen molar-refractivity contribution in [3.05, 3.63) is 53.7 Å². The van der Waals surface area contributed by atoms with Gasteiger partial charge < -0.3 is 5.11 Å². The normalized spacial score (nSPS) is 24.1. The van der Waals surface area contributed by atoms with Gasteiger partial charge in [-0.25, -0.2) is 4.84 Å². The molecule has 0 fully saturated rings. The highest BCUT2D eigenvalue weighted by Crippen LogP contribution is 2.35. The molecule has 2 rings (SSSR count). The SMILES string of the molecule is OC1(C(F)(F)F)C=C(C=Cc2ccccc2)NO1. The first-order chi connectivity index (χ1) is 8.41. The maximum atomic E-state index is 12.4. The van der Waals surface area contributed by atoms with Crippen LogP contribution < -0.4 is 5.48 Å². The molecule has 1 aromatic carbocycles. The fourth-order valence-corrected chi connectivity index (χ4v) is 1.38. The summed E-state index contributed by atoms with van der Waals surface area (Å²) in [5.74, 6) is -3.27. The van der Waals surface area contributed by atoms with E-state index in [1.165, 1.54) is 6.08 Å². The van der Waals surface area contributed by atoms with Crippen LogP contribution in [0, 0.1) is 0 Å². The average Bonchev–Trinajstić information content (AvgIpc) is 2.71. The molecule has 96 valence electrons. The summed E-state index contributed by atoms with van der Waals surface area (Å²) in [6.45, 7) is 0. The van der Waals surface area contributed by atoms with E-state index in [1.807, 2.05) is 11.5 Å². The lowest BCUT2D eigenvalue weighted by molar-refractivity contribution is -0.346. The second kappa shape index (κ2) is 4.47. The second-order valence-corrected chi connectivity index (χ2v) is 3.74. The molecule has 1 unspecified atom stereocenters. The largest absolute Gasteiger partial charge is 0.449 e. The van der Waals surface area contributed by atoms with Crippen molar-refractivity contribution in [3.63, 3.8) is 0 Å². The van der Waals surface area contributed by atoms with Gasteiger partial charge in [0.25, 0.3) is 0 Å². The average molecular weight is 257 g/mol. The fraction of sp³-hybridized carbons (Fsp3) is 0.167. The predicted octanol–water partition coefficient (Wildman–Crippen LogP) is 2.37. The molecule has 1 heterocycles. The number of nitrogens with one attached hydrogen (secondary N) is 1. The van der Waals surface area contributed by atoms with Crippen molar-refractivity contribution in [3.8, 4) is 0 Å². The molecular weight excluding hydrogens is 247 g/mol. The van der Waals surface area contributed by atoms with Crippen molar-refractivity contribution >= 4 is 6.08 Å². The first-order valence-electron chi connectivity index (χ1n) is 5.10. The summed E-state index contributed by atoms with van der Waals surface area (Å²) in [4.78, 5) is 4.14. The Morgan fingerprint density at radius 3 is 2.39 bits per heavy atom. The van der Waals surface area contributed by atoms with Crippen molar-refractivity contribution in [2.75, 3.05) is 0 Å². The summed E-state index contributed by atoms with van der Waals surface area (Å²) in [5.41, 5.74) is 2.89. The zero-order valence-corrected chi connectivity index (χ0v) is 9.11. The molecule has 1 aliphatic rings. The van der Waals surface area contributed by atoms with Gasteiger partial charge >= 0.3 is 12.0 Å². The highest BCUT2D eigenvalue weighted by molar-refractivity contribution is 5.52. The van der Waals surface area contributed by atoms with Gasteiger partial charge in [-0.3, -0.25) is 5.48 Å². The number of rotatable bonds is 2. The molecule has 1 aromatic rings. The van der Waals surface area contributed by atoms with Crippen LogP contribution in [0.5, 0.6) is 0 Å². The van der Waals surface area contributed by atoms with E-state index in [-0.39, 0.29) is 5.70 Å². The Morgan fingerprint density at radius 2 is 1.83 bits per heavy atom. The first kappa shape index (κ1) is 12.7. The Balaban J connectivity index is 2.13. The summed E-state index contributed by atoms with van der Waals surface area (Å²) < 4.78 is 37.2. The van der Waals surface area contributed by atoms with E-state index in [9.17, 15) is 18.3 Å². The molecule has 1 aliphatic heterocycles. The number of aliphatic hydroxyl groups is 1. The first-order valence-corrected chi connectivity index (χ1v) is 5.10. The molecule has 0 saturated carbocycles. The maximum absolute atomic E-state index is 12.4. The van der Waals surface area contributed by atoms with Crippen LogP contribution >= 0.6 is 0 Å². The van der Waals surface area contributed by atoms with Crippen LogP contribution in [-0.2, 0) is 4.84 Å². The number of hydrogen-bond acceptors (Lipinski definition) is 3. The molecule has 3 nitrogen and oxygen atoms in total. The van der Waals surface area contributed by atoms with E-state index in [1.54, 1.807) is 30.3 Å². The number of halogens is 3. The Bertz CT molecular complexity index is 482. The van der Waals surface area contributed by atoms with Gasteiger partial charge in [-0.05, 0) is 11.6 Å². The number of hydroxylamine groups is 1. The summed E-state index contributed by atoms with van der Waals surface area (Å²) in [6, 6.07) is 9.03. The van der Waals surface area contributed by atoms with E-state index in [4.69, 9.17) is 0 Å². The third-order valence-electron chi connectivity index (χ3n) is 2.34. The van der Waals surface area contributed by atoms with E-state index in [0.717, 1.165) is 5.56 Å². The Morgan fingerprint density at radius 1 is 1.17 bits per heavy atom. The van der Waals surface area contributed by atoms with Crippen LogP contribution in [0.1, 0.15) is 5.56 Å². The number of alkyl halides is 3. The molecule has 0 aliphatic carbocycles. The minimum absolute atomic E-state index is 0.0404. The molecule has 0 amide bonds. The lowest BCUT2D eigenvalue weighted by Crippen LogP contribution is -2.45. The fourth-order valence-electron chi connectivity index (χ4n) is 1.38. The Labute approximate surface area is 101 Å². The molecule has 0 radical (unpaired) electrons. The predicted molar refractivity (Wildman–Crippen MR) is 58.8 cm³/mol. The van der Waals surface area contributed by atoms with E-state index < -0.39 is 12.0 Å². The molecule has 0 aromatic heterocycles. The van der Waals surface area contributed by atoms with Crippen molar-refractivity contribution in [1.82, 2.24) is 5.48 Å². The summed E-state index contributed by atoms with van der Waals surface area (Å²) >= 11 is 0. The standard InChI is InChI=1S/C12H10F3NO2/c13-12(14,15)11(17)8-10(16-18-11)7-6-9-4-2-1-3-5-9/h1-8,16-17H. The third-order valence-corrected chi connectivity index (χ3v) is 2.34. The van der Waals surface area contributed by atoms with Gasteiger partial charge in [0, 0.05) is 6.08 Å². The van der Waals surface area contributed by atoms with E-state index in [2.05, 4.69) is 4.84 Å². The van der Waals surface area contributed by atoms with Crippen molar-refractivity contribution in [2.24, 2.45) is 0 Å². The van der Waals surface area contributed by atoms with Crippen LogP contribution in [0.3, 0.4) is 0 Å². The van der Waals surface area contributed by atoms with Gasteiger partial charge in [0.05, 0.1) is 5.70 Å². The zero-order valence-electron chi connectivity index (χ0n) is 9.11. The number of hydrogen-bond donors (Lipinski definition) is 2. The number of benzene rings is 1. The molecule has 2 N–H and O–H groups in total. The number of allylic oxidation sites excluding steroid dienone is 1. The third kappa shape index (κ3) is 2.55. The van der Waals surface area contributed by atoms with Crippen LogP contribution in [0.25, 0.3) is 6.08 Å².